The molecule has 4 aromatic rings. The number of alkyl carbamates (subject to hydrolysis) is 1. The summed E-state index contributed by atoms with van der Waals surface area (Å²) < 4.78 is 17.3. The van der Waals surface area contributed by atoms with Crippen LogP contribution in [0, 0.1) is 0 Å². The van der Waals surface area contributed by atoms with Gasteiger partial charge in [0.15, 0.2) is 5.71 Å². The van der Waals surface area contributed by atoms with Crippen molar-refractivity contribution in [2.45, 2.75) is 83.1 Å². The zero-order valence-corrected chi connectivity index (χ0v) is 38.2. The molecule has 4 N–H and O–H groups in total. The number of nitrogens with zero attached hydrogens (tertiary/aromatic N) is 2. The summed E-state index contributed by atoms with van der Waals surface area (Å²) in [5, 5.41) is 37.1. The molecule has 0 fully saturated rings. The number of anilines is 1. The maximum atomic E-state index is 13.2. The lowest BCUT2D eigenvalue weighted by molar-refractivity contribution is -0.438. The van der Waals surface area contributed by atoms with Gasteiger partial charge in [0.2, 0.25) is 5.69 Å². The first-order chi connectivity index (χ1) is 30.9. The summed E-state index contributed by atoms with van der Waals surface area (Å²) in [4.78, 5) is 27.2. The number of hydrogen-bond donors (Lipinski definition) is 4. The maximum absolute atomic E-state index is 13.2. The third-order valence-electron chi connectivity index (χ3n) is 12.4. The molecule has 0 bridgehead atoms. The van der Waals surface area contributed by atoms with Crippen molar-refractivity contribution in [1.29, 1.82) is 0 Å². The average Bonchev–Trinajstić information content (AvgIpc) is 3.79. The molecule has 13 nitrogen and oxygen atoms in total. The summed E-state index contributed by atoms with van der Waals surface area (Å²) >= 11 is 2.10. The molecule has 1 amide bonds. The summed E-state index contributed by atoms with van der Waals surface area (Å²) in [5.41, 5.74) is 12.2. The molecule has 0 atom stereocenters. The molecule has 0 radical (unpaired) electrons. The van der Waals surface area contributed by atoms with Crippen molar-refractivity contribution in [2.24, 2.45) is 0 Å². The molecule has 0 saturated carbocycles. The average molecular weight is 911 g/mol. The largest absolute Gasteiger partial charge is 0.481 e. The molecule has 0 spiro atoms. The van der Waals surface area contributed by atoms with E-state index in [2.05, 4.69) is 122 Å². The minimum Gasteiger partial charge on any atom is -0.481 e. The molecule has 338 valence electrons. The number of aliphatic carboxylic acids is 1. The predicted octanol–water partition coefficient (Wildman–Crippen LogP) is 10.7. The standard InChI is InChI=1S/C49H55N3O10S2/c1-48(2)40-28-33(30-46(53)54)20-22-42(40)51(24-9-11-26-63-61-59-56)44(48)18-13-19-45-49(3,4)41-29-34(21-23-43(41)52(45)25-10-12-27-64-62-60-57)31-50-47(55)58-32-39-37-16-7-5-14-35(37)36-15-6-8-17-38(36)39/h5-8,13-23,28-29,39H,9-12,24-27,30-32H2,1-4H3,(H3-,50,53,54,55,56,57)/p+1. The lowest BCUT2D eigenvalue weighted by Crippen LogP contribution is -2.28. The number of carbonyl (C=O) groups excluding carboxylic acids is 1. The summed E-state index contributed by atoms with van der Waals surface area (Å²) in [6, 6.07) is 28.9. The number of fused-ring (bicyclic) bond motifs is 5. The van der Waals surface area contributed by atoms with Crippen LogP contribution >= 0.6 is 24.1 Å². The number of carboxylic acids is 1. The Balaban J connectivity index is 1.10. The van der Waals surface area contributed by atoms with E-state index >= 15 is 0 Å². The van der Waals surface area contributed by atoms with E-state index in [1.165, 1.54) is 22.3 Å². The predicted molar refractivity (Wildman–Crippen MR) is 250 cm³/mol. The van der Waals surface area contributed by atoms with Gasteiger partial charge in [0.1, 0.15) is 13.2 Å². The lowest BCUT2D eigenvalue weighted by Gasteiger charge is -2.27. The fourth-order valence-electron chi connectivity index (χ4n) is 9.35. The Morgan fingerprint density at radius 1 is 0.797 bits per heavy atom. The van der Waals surface area contributed by atoms with Crippen LogP contribution in [-0.2, 0) is 52.1 Å². The second kappa shape index (κ2) is 21.3. The highest BCUT2D eigenvalue weighted by atomic mass is 32.2. The van der Waals surface area contributed by atoms with E-state index in [1.807, 2.05) is 42.5 Å². The fourth-order valence-corrected chi connectivity index (χ4v) is 10.2. The van der Waals surface area contributed by atoms with Crippen LogP contribution in [0.25, 0.3) is 11.1 Å². The van der Waals surface area contributed by atoms with E-state index in [4.69, 9.17) is 15.3 Å². The molecular weight excluding hydrogens is 855 g/mol. The van der Waals surface area contributed by atoms with E-state index < -0.39 is 22.9 Å². The van der Waals surface area contributed by atoms with Gasteiger partial charge in [-0.1, -0.05) is 96.7 Å². The summed E-state index contributed by atoms with van der Waals surface area (Å²) in [7, 11) is 0. The third-order valence-corrected chi connectivity index (χ3v) is 13.7. The highest BCUT2D eigenvalue weighted by molar-refractivity contribution is 7.94. The Hall–Kier alpha value is -4.97. The molecule has 15 heteroatoms. The molecule has 4 aromatic carbocycles. The first kappa shape index (κ1) is 47.0. The van der Waals surface area contributed by atoms with Crippen molar-refractivity contribution in [2.75, 3.05) is 36.1 Å². The van der Waals surface area contributed by atoms with Gasteiger partial charge in [-0.2, -0.15) is 4.58 Å². The monoisotopic (exact) mass is 910 g/mol. The van der Waals surface area contributed by atoms with Crippen molar-refractivity contribution in [3.8, 4) is 11.1 Å². The van der Waals surface area contributed by atoms with E-state index in [9.17, 15) is 14.7 Å². The Kier molecular flexibility index (Phi) is 15.7. The molecule has 0 saturated heterocycles. The molecular formula is C49H56N3O10S2+. The molecule has 2 aliphatic heterocycles. The number of allylic oxidation sites excluding steroid dienone is 4. The van der Waals surface area contributed by atoms with Gasteiger partial charge in [0.25, 0.3) is 0 Å². The molecule has 64 heavy (non-hydrogen) atoms. The minimum atomic E-state index is -0.870. The molecule has 0 unspecified atom stereocenters. The Bertz CT molecular complexity index is 2370. The van der Waals surface area contributed by atoms with Crippen molar-refractivity contribution >= 4 is 53.2 Å². The van der Waals surface area contributed by atoms with Gasteiger partial charge >= 0.3 is 12.1 Å². The van der Waals surface area contributed by atoms with Gasteiger partial charge in [0, 0.05) is 95.5 Å². The van der Waals surface area contributed by atoms with Crippen LogP contribution in [0.2, 0.25) is 0 Å². The summed E-state index contributed by atoms with van der Waals surface area (Å²) in [6.07, 6.45) is 9.30. The van der Waals surface area contributed by atoms with Crippen LogP contribution in [-0.4, -0.2) is 69.2 Å². The SMILES string of the molecule is CC1(C)C(=CC=CC2=[N+](CCCCSOOO)c3ccc(CC(=O)O)cc3C2(C)C)N(CCCCSOOO)c2ccc(CNC(=O)OCC3c4ccccc4-c4ccccc43)cc21. The van der Waals surface area contributed by atoms with Gasteiger partial charge in [0.05, 0.1) is 11.8 Å². The number of nitrogens with one attached hydrogen (secondary N) is 1. The summed E-state index contributed by atoms with van der Waals surface area (Å²) in [6.45, 7) is 10.8. The van der Waals surface area contributed by atoms with Gasteiger partial charge < -0.3 is 20.1 Å². The minimum absolute atomic E-state index is 0.0232. The number of unbranched alkanes of at least 4 members (excludes halogenated alkanes) is 2. The number of amides is 1. The second-order valence-electron chi connectivity index (χ2n) is 17.1. The lowest BCUT2D eigenvalue weighted by atomic mass is 9.80. The molecule has 2 heterocycles. The number of benzene rings is 4. The Morgan fingerprint density at radius 3 is 2.11 bits per heavy atom. The number of carboxylic acid groups (broad SMARTS) is 1. The molecule has 7 rings (SSSR count). The first-order valence-corrected chi connectivity index (χ1v) is 23.4. The van der Waals surface area contributed by atoms with E-state index in [-0.39, 0.29) is 18.9 Å². The zero-order valence-electron chi connectivity index (χ0n) is 36.6. The Morgan fingerprint density at radius 2 is 1.44 bits per heavy atom. The fraction of sp³-hybridized carbons (Fsp3) is 0.367. The highest BCUT2D eigenvalue weighted by Gasteiger charge is 2.45. The van der Waals surface area contributed by atoms with Gasteiger partial charge in [-0.3, -0.25) is 4.79 Å². The molecule has 0 aromatic heterocycles. The van der Waals surface area contributed by atoms with Crippen LogP contribution in [0.5, 0.6) is 0 Å². The van der Waals surface area contributed by atoms with Crippen molar-refractivity contribution in [3.63, 3.8) is 0 Å². The van der Waals surface area contributed by atoms with Crippen LogP contribution in [0.4, 0.5) is 16.2 Å². The van der Waals surface area contributed by atoms with Crippen molar-refractivity contribution in [1.82, 2.24) is 5.32 Å². The van der Waals surface area contributed by atoms with E-state index in [1.54, 1.807) is 0 Å². The maximum Gasteiger partial charge on any atom is 0.407 e. The van der Waals surface area contributed by atoms with Gasteiger partial charge in [-0.25, -0.2) is 15.3 Å². The van der Waals surface area contributed by atoms with E-state index in [0.717, 1.165) is 108 Å². The second-order valence-corrected chi connectivity index (χ2v) is 18.7. The number of ether oxygens (including phenoxy) is 1. The third kappa shape index (κ3) is 10.4. The van der Waals surface area contributed by atoms with Gasteiger partial charge in [-0.05, 0) is 90.3 Å². The molecule has 3 aliphatic rings. The van der Waals surface area contributed by atoms with Gasteiger partial charge in [-0.15, -0.1) is 8.67 Å². The number of hydrogen-bond acceptors (Lipinski definition) is 12. The highest BCUT2D eigenvalue weighted by Crippen LogP contribution is 2.49. The van der Waals surface area contributed by atoms with Crippen LogP contribution in [0.1, 0.15) is 92.7 Å². The van der Waals surface area contributed by atoms with E-state index in [0.29, 0.717) is 18.1 Å². The quantitative estimate of drug-likeness (QED) is 0.0194. The zero-order chi connectivity index (χ0) is 45.3. The van der Waals surface area contributed by atoms with Crippen LogP contribution in [0.15, 0.2) is 109 Å². The summed E-state index contributed by atoms with van der Waals surface area (Å²) in [5.74, 6) is 0.386. The smallest absolute Gasteiger partial charge is 0.407 e. The topological polar surface area (TPSA) is 159 Å². The van der Waals surface area contributed by atoms with Crippen molar-refractivity contribution in [3.05, 3.63) is 142 Å². The number of rotatable bonds is 22. The first-order valence-electron chi connectivity index (χ1n) is 21.5. The van der Waals surface area contributed by atoms with Crippen LogP contribution < -0.4 is 10.2 Å². The number of carbonyl (C=O) groups is 2. The van der Waals surface area contributed by atoms with Crippen LogP contribution in [0.3, 0.4) is 0 Å². The Labute approximate surface area is 382 Å². The normalized spacial score (nSPS) is 16.3. The van der Waals surface area contributed by atoms with Crippen molar-refractivity contribution < 1.29 is 53.3 Å². The molecule has 1 aliphatic carbocycles.